The van der Waals surface area contributed by atoms with Crippen molar-refractivity contribution in [1.82, 2.24) is 0 Å². The molecule has 2 rings (SSSR count). The molecule has 2 N–H and O–H groups in total. The molecule has 3 heteroatoms. The molecule has 3 atom stereocenters. The molecule has 0 amide bonds. The van der Waals surface area contributed by atoms with Gasteiger partial charge in [0.2, 0.25) is 0 Å². The van der Waals surface area contributed by atoms with E-state index < -0.39 is 10.8 Å². The number of benzene rings is 2. The Morgan fingerprint density at radius 1 is 0.900 bits per heavy atom. The highest BCUT2D eigenvalue weighted by Gasteiger charge is 2.22. The molecule has 0 aromatic heterocycles. The third kappa shape index (κ3) is 3.35. The van der Waals surface area contributed by atoms with E-state index in [9.17, 15) is 4.21 Å². The van der Waals surface area contributed by atoms with Crippen molar-refractivity contribution in [3.8, 4) is 0 Å². The molecule has 0 heterocycles. The second-order valence-corrected chi connectivity index (χ2v) is 7.06. The van der Waals surface area contributed by atoms with E-state index in [0.717, 1.165) is 10.5 Å². The van der Waals surface area contributed by atoms with Crippen molar-refractivity contribution in [1.29, 1.82) is 0 Å². The Balaban J connectivity index is 2.17. The highest BCUT2D eigenvalue weighted by molar-refractivity contribution is 7.85. The summed E-state index contributed by atoms with van der Waals surface area (Å²) < 4.78 is 12.6. The summed E-state index contributed by atoms with van der Waals surface area (Å²) >= 11 is 0. The van der Waals surface area contributed by atoms with E-state index in [1.807, 2.05) is 69.3 Å². The van der Waals surface area contributed by atoms with E-state index in [-0.39, 0.29) is 11.3 Å². The van der Waals surface area contributed by atoms with Gasteiger partial charge in [0, 0.05) is 10.9 Å². The van der Waals surface area contributed by atoms with E-state index in [1.54, 1.807) is 0 Å². The predicted octanol–water partition coefficient (Wildman–Crippen LogP) is 3.50. The predicted molar refractivity (Wildman–Crippen MR) is 85.2 cm³/mol. The lowest BCUT2D eigenvalue weighted by atomic mass is 10.0. The van der Waals surface area contributed by atoms with Crippen LogP contribution in [0.25, 0.3) is 0 Å². The Hall–Kier alpha value is -1.45. The molecular formula is C17H21NOS. The van der Waals surface area contributed by atoms with Crippen molar-refractivity contribution in [2.45, 2.75) is 37.0 Å². The Kier molecular flexibility index (Phi) is 4.73. The summed E-state index contributed by atoms with van der Waals surface area (Å²) in [7, 11) is -1.10. The lowest BCUT2D eigenvalue weighted by Crippen LogP contribution is -2.27. The van der Waals surface area contributed by atoms with Crippen LogP contribution in [0.1, 0.15) is 29.7 Å². The van der Waals surface area contributed by atoms with Gasteiger partial charge in [-0.15, -0.1) is 0 Å². The van der Waals surface area contributed by atoms with Crippen molar-refractivity contribution in [3.05, 3.63) is 65.2 Å². The van der Waals surface area contributed by atoms with Crippen LogP contribution in [0.5, 0.6) is 0 Å². The Morgan fingerprint density at radius 3 is 1.85 bits per heavy atom. The van der Waals surface area contributed by atoms with Gasteiger partial charge in [-0.25, -0.2) is 0 Å². The monoisotopic (exact) mass is 287 g/mol. The summed E-state index contributed by atoms with van der Waals surface area (Å²) in [4.78, 5) is 0.839. The highest BCUT2D eigenvalue weighted by atomic mass is 32.2. The van der Waals surface area contributed by atoms with Crippen LogP contribution in [0.3, 0.4) is 0 Å². The number of rotatable bonds is 4. The summed E-state index contributed by atoms with van der Waals surface area (Å²) in [6.45, 7) is 6.01. The Bertz CT molecular complexity index is 589. The average molecular weight is 287 g/mol. The van der Waals surface area contributed by atoms with Crippen molar-refractivity contribution in [2.75, 3.05) is 0 Å². The molecule has 0 radical (unpaired) electrons. The molecule has 106 valence electrons. The fourth-order valence-corrected chi connectivity index (χ4v) is 3.34. The summed E-state index contributed by atoms with van der Waals surface area (Å²) in [5.74, 6) is 0. The first kappa shape index (κ1) is 14.9. The lowest BCUT2D eigenvalue weighted by Gasteiger charge is -2.20. The largest absolute Gasteiger partial charge is 0.323 e. The van der Waals surface area contributed by atoms with Crippen LogP contribution in [0.2, 0.25) is 0 Å². The van der Waals surface area contributed by atoms with Crippen LogP contribution in [-0.2, 0) is 10.8 Å². The molecule has 0 aliphatic heterocycles. The van der Waals surface area contributed by atoms with Crippen LogP contribution in [0, 0.1) is 13.8 Å². The maximum Gasteiger partial charge on any atom is 0.0577 e. The van der Waals surface area contributed by atoms with Gasteiger partial charge in [0.15, 0.2) is 0 Å². The minimum absolute atomic E-state index is 0.125. The Labute approximate surface area is 123 Å². The first-order valence-electron chi connectivity index (χ1n) is 6.78. The molecule has 0 fully saturated rings. The van der Waals surface area contributed by atoms with Gasteiger partial charge in [0.25, 0.3) is 0 Å². The van der Waals surface area contributed by atoms with Gasteiger partial charge in [0.1, 0.15) is 0 Å². The standard InChI is InChI=1S/C17H21NOS/c1-12-4-8-15(9-5-12)17(18)14(3)20(19)16-10-6-13(2)7-11-16/h4-11,14,17H,18H2,1-3H3. The molecule has 3 unspecified atom stereocenters. The summed E-state index contributed by atoms with van der Waals surface area (Å²) in [6, 6.07) is 15.7. The lowest BCUT2D eigenvalue weighted by molar-refractivity contribution is 0.643. The van der Waals surface area contributed by atoms with Crippen molar-refractivity contribution >= 4 is 10.8 Å². The molecule has 0 aliphatic carbocycles. The van der Waals surface area contributed by atoms with Gasteiger partial charge in [-0.2, -0.15) is 0 Å². The van der Waals surface area contributed by atoms with Gasteiger partial charge in [-0.05, 0) is 38.5 Å². The molecule has 0 bridgehead atoms. The normalized spacial score (nSPS) is 15.6. The zero-order chi connectivity index (χ0) is 14.7. The van der Waals surface area contributed by atoms with Crippen LogP contribution in [0.4, 0.5) is 0 Å². The zero-order valence-corrected chi connectivity index (χ0v) is 13.0. The maximum atomic E-state index is 12.6. The second-order valence-electron chi connectivity index (χ2n) is 5.25. The average Bonchev–Trinajstić information content (AvgIpc) is 2.46. The summed E-state index contributed by atoms with van der Waals surface area (Å²) in [6.07, 6.45) is 0. The molecule has 0 spiro atoms. The first-order valence-corrected chi connectivity index (χ1v) is 7.99. The van der Waals surface area contributed by atoms with Crippen molar-refractivity contribution in [3.63, 3.8) is 0 Å². The van der Waals surface area contributed by atoms with Gasteiger partial charge < -0.3 is 5.73 Å². The highest BCUT2D eigenvalue weighted by Crippen LogP contribution is 2.22. The van der Waals surface area contributed by atoms with Gasteiger partial charge in [-0.1, -0.05) is 47.5 Å². The van der Waals surface area contributed by atoms with E-state index in [1.165, 1.54) is 11.1 Å². The van der Waals surface area contributed by atoms with Crippen molar-refractivity contribution in [2.24, 2.45) is 5.73 Å². The molecule has 20 heavy (non-hydrogen) atoms. The third-order valence-electron chi connectivity index (χ3n) is 3.56. The van der Waals surface area contributed by atoms with Crippen LogP contribution in [0.15, 0.2) is 53.4 Å². The number of aryl methyl sites for hydroxylation is 2. The van der Waals surface area contributed by atoms with E-state index in [4.69, 9.17) is 5.73 Å². The molecular weight excluding hydrogens is 266 g/mol. The van der Waals surface area contributed by atoms with Crippen LogP contribution < -0.4 is 5.73 Å². The van der Waals surface area contributed by atoms with Crippen molar-refractivity contribution < 1.29 is 4.21 Å². The second kappa shape index (κ2) is 6.33. The smallest absolute Gasteiger partial charge is 0.0577 e. The fourth-order valence-electron chi connectivity index (χ4n) is 2.08. The molecule has 2 aromatic rings. The number of nitrogens with two attached hydrogens (primary N) is 1. The van der Waals surface area contributed by atoms with Crippen LogP contribution in [-0.4, -0.2) is 9.46 Å². The fraction of sp³-hybridized carbons (Fsp3) is 0.294. The minimum atomic E-state index is -1.10. The zero-order valence-electron chi connectivity index (χ0n) is 12.2. The quantitative estimate of drug-likeness (QED) is 0.935. The molecule has 0 aliphatic rings. The summed E-state index contributed by atoms with van der Waals surface area (Å²) in [5.41, 5.74) is 9.66. The SMILES string of the molecule is Cc1ccc(C(N)C(C)S(=O)c2ccc(C)cc2)cc1. The Morgan fingerprint density at radius 2 is 1.35 bits per heavy atom. The van der Waals surface area contributed by atoms with Gasteiger partial charge in [-0.3, -0.25) is 4.21 Å². The molecule has 2 nitrogen and oxygen atoms in total. The van der Waals surface area contributed by atoms with E-state index >= 15 is 0 Å². The third-order valence-corrected chi connectivity index (χ3v) is 5.26. The first-order chi connectivity index (χ1) is 9.49. The summed E-state index contributed by atoms with van der Waals surface area (Å²) in [5, 5.41) is -0.125. The topological polar surface area (TPSA) is 43.1 Å². The maximum absolute atomic E-state index is 12.6. The van der Waals surface area contributed by atoms with Gasteiger partial charge in [0.05, 0.1) is 16.0 Å². The van der Waals surface area contributed by atoms with Gasteiger partial charge >= 0.3 is 0 Å². The number of hydrogen-bond acceptors (Lipinski definition) is 2. The molecule has 2 aromatic carbocycles. The molecule has 0 saturated heterocycles. The van der Waals surface area contributed by atoms with Crippen LogP contribution >= 0.6 is 0 Å². The van der Waals surface area contributed by atoms with E-state index in [2.05, 4.69) is 0 Å². The van der Waals surface area contributed by atoms with E-state index in [0.29, 0.717) is 0 Å². The molecule has 0 saturated carbocycles. The number of hydrogen-bond donors (Lipinski definition) is 1. The minimum Gasteiger partial charge on any atom is -0.323 e.